The number of aliphatic hydroxyl groups excluding tert-OH is 1. The van der Waals surface area contributed by atoms with Crippen molar-refractivity contribution in [1.29, 1.82) is 0 Å². The number of hydrogen-bond donors (Lipinski definition) is 2. The molecule has 0 radical (unpaired) electrons. The van der Waals surface area contributed by atoms with E-state index in [9.17, 15) is 0 Å². The van der Waals surface area contributed by atoms with Crippen molar-refractivity contribution in [2.24, 2.45) is 5.73 Å². The zero-order chi connectivity index (χ0) is 11.7. The second kappa shape index (κ2) is 4.49. The molecule has 1 atom stereocenters. The summed E-state index contributed by atoms with van der Waals surface area (Å²) in [6.45, 7) is 2.06. The van der Waals surface area contributed by atoms with Gasteiger partial charge in [0.1, 0.15) is 0 Å². The van der Waals surface area contributed by atoms with E-state index in [0.717, 1.165) is 17.5 Å². The van der Waals surface area contributed by atoms with Gasteiger partial charge in [-0.25, -0.2) is 0 Å². The van der Waals surface area contributed by atoms with Gasteiger partial charge in [0.05, 0.1) is 17.7 Å². The van der Waals surface area contributed by atoms with Gasteiger partial charge in [-0.2, -0.15) is 0 Å². The number of ether oxygens (including phenoxy) is 2. The lowest BCUT2D eigenvalue weighted by atomic mass is 9.98. The van der Waals surface area contributed by atoms with Crippen LogP contribution >= 0.6 is 11.6 Å². The minimum absolute atomic E-state index is 0.122. The van der Waals surface area contributed by atoms with Crippen LogP contribution in [0.1, 0.15) is 24.1 Å². The Morgan fingerprint density at radius 3 is 2.81 bits per heavy atom. The molecule has 1 aromatic carbocycles. The highest BCUT2D eigenvalue weighted by Crippen LogP contribution is 2.44. The molecule has 0 fully saturated rings. The Kier molecular flexibility index (Phi) is 3.23. The molecule has 0 aliphatic carbocycles. The minimum Gasteiger partial charge on any atom is -0.453 e. The van der Waals surface area contributed by atoms with E-state index in [0.29, 0.717) is 16.5 Å². The van der Waals surface area contributed by atoms with Gasteiger partial charge in [0, 0.05) is 5.56 Å². The second-order valence-electron chi connectivity index (χ2n) is 3.63. The Bertz CT molecular complexity index is 409. The van der Waals surface area contributed by atoms with E-state index in [2.05, 4.69) is 0 Å². The number of halogens is 1. The molecule has 16 heavy (non-hydrogen) atoms. The van der Waals surface area contributed by atoms with Crippen LogP contribution in [0.2, 0.25) is 5.02 Å². The number of rotatable bonds is 3. The molecule has 0 saturated carbocycles. The third-order valence-corrected chi connectivity index (χ3v) is 2.96. The molecule has 2 rings (SSSR count). The molecular weight excluding hydrogens is 230 g/mol. The highest BCUT2D eigenvalue weighted by molar-refractivity contribution is 6.32. The van der Waals surface area contributed by atoms with Crippen LogP contribution in [-0.2, 0) is 6.42 Å². The van der Waals surface area contributed by atoms with Crippen molar-refractivity contribution in [3.05, 3.63) is 22.2 Å². The van der Waals surface area contributed by atoms with E-state index >= 15 is 0 Å². The van der Waals surface area contributed by atoms with Crippen LogP contribution < -0.4 is 15.2 Å². The molecule has 5 heteroatoms. The average molecular weight is 244 g/mol. The summed E-state index contributed by atoms with van der Waals surface area (Å²) in [6, 6.07) is 1.30. The molecular formula is C11H14ClNO3. The van der Waals surface area contributed by atoms with Gasteiger partial charge in [0.15, 0.2) is 11.5 Å². The van der Waals surface area contributed by atoms with E-state index < -0.39 is 6.04 Å². The van der Waals surface area contributed by atoms with Crippen molar-refractivity contribution in [2.75, 3.05) is 13.4 Å². The number of aliphatic hydroxyl groups is 1. The molecule has 0 saturated heterocycles. The standard InChI is InChI=1S/C11H14ClNO3/c1-2-6-7(9(13)4-14)3-8(12)11-10(6)15-5-16-11/h3,9,14H,2,4-5,13H2,1H3. The Morgan fingerprint density at radius 2 is 2.19 bits per heavy atom. The van der Waals surface area contributed by atoms with Crippen molar-refractivity contribution in [3.8, 4) is 11.5 Å². The molecule has 0 spiro atoms. The molecule has 1 unspecified atom stereocenters. The maximum Gasteiger partial charge on any atom is 0.231 e. The van der Waals surface area contributed by atoms with Crippen molar-refractivity contribution >= 4 is 11.6 Å². The smallest absolute Gasteiger partial charge is 0.231 e. The summed E-state index contributed by atoms with van der Waals surface area (Å²) >= 11 is 6.06. The maximum atomic E-state index is 9.11. The number of nitrogens with two attached hydrogens (primary N) is 1. The molecule has 4 nitrogen and oxygen atoms in total. The maximum absolute atomic E-state index is 9.11. The summed E-state index contributed by atoms with van der Waals surface area (Å²) in [5.74, 6) is 1.24. The van der Waals surface area contributed by atoms with E-state index in [1.54, 1.807) is 6.07 Å². The summed E-state index contributed by atoms with van der Waals surface area (Å²) in [6.07, 6.45) is 0.756. The average Bonchev–Trinajstić information content (AvgIpc) is 2.77. The quantitative estimate of drug-likeness (QED) is 0.847. The van der Waals surface area contributed by atoms with Gasteiger partial charge in [-0.1, -0.05) is 18.5 Å². The lowest BCUT2D eigenvalue weighted by molar-refractivity contribution is 0.173. The first kappa shape index (κ1) is 11.5. The number of fused-ring (bicyclic) bond motifs is 1. The van der Waals surface area contributed by atoms with Gasteiger partial charge in [-0.05, 0) is 18.1 Å². The van der Waals surface area contributed by atoms with Gasteiger partial charge >= 0.3 is 0 Å². The van der Waals surface area contributed by atoms with Crippen molar-refractivity contribution in [1.82, 2.24) is 0 Å². The Hall–Kier alpha value is -0.970. The first-order valence-electron chi connectivity index (χ1n) is 5.16. The topological polar surface area (TPSA) is 64.7 Å². The molecule has 1 aliphatic rings. The summed E-state index contributed by atoms with van der Waals surface area (Å²) in [4.78, 5) is 0. The molecule has 1 aromatic rings. The van der Waals surface area contributed by atoms with Gasteiger partial charge in [0.25, 0.3) is 0 Å². The Balaban J connectivity index is 2.57. The van der Waals surface area contributed by atoms with E-state index in [1.165, 1.54) is 0 Å². The van der Waals surface area contributed by atoms with Crippen molar-refractivity contribution in [3.63, 3.8) is 0 Å². The number of benzene rings is 1. The Morgan fingerprint density at radius 1 is 1.50 bits per heavy atom. The predicted octanol–water partition coefficient (Wildman–Crippen LogP) is 1.62. The van der Waals surface area contributed by atoms with E-state index in [4.69, 9.17) is 31.9 Å². The van der Waals surface area contributed by atoms with Gasteiger partial charge < -0.3 is 20.3 Å². The highest BCUT2D eigenvalue weighted by atomic mass is 35.5. The SMILES string of the molecule is CCc1c(C(N)CO)cc(Cl)c2c1OCO2. The first-order valence-corrected chi connectivity index (χ1v) is 5.54. The first-order chi connectivity index (χ1) is 7.69. The van der Waals surface area contributed by atoms with Crippen LogP contribution in [-0.4, -0.2) is 18.5 Å². The minimum atomic E-state index is -0.443. The molecule has 3 N–H and O–H groups in total. The lowest BCUT2D eigenvalue weighted by Crippen LogP contribution is -2.16. The predicted molar refractivity (Wildman–Crippen MR) is 61.0 cm³/mol. The molecule has 88 valence electrons. The van der Waals surface area contributed by atoms with Crippen molar-refractivity contribution in [2.45, 2.75) is 19.4 Å². The summed E-state index contributed by atoms with van der Waals surface area (Å²) < 4.78 is 10.7. The fraction of sp³-hybridized carbons (Fsp3) is 0.455. The van der Waals surface area contributed by atoms with Crippen LogP contribution in [0.3, 0.4) is 0 Å². The third kappa shape index (κ3) is 1.73. The molecule has 1 aliphatic heterocycles. The van der Waals surface area contributed by atoms with Crippen LogP contribution in [0, 0.1) is 0 Å². The monoisotopic (exact) mass is 243 g/mol. The van der Waals surface area contributed by atoms with E-state index in [1.807, 2.05) is 6.92 Å². The lowest BCUT2D eigenvalue weighted by Gasteiger charge is -2.16. The van der Waals surface area contributed by atoms with Crippen LogP contribution in [0.4, 0.5) is 0 Å². The zero-order valence-corrected chi connectivity index (χ0v) is 9.75. The highest BCUT2D eigenvalue weighted by Gasteiger charge is 2.25. The summed E-state index contributed by atoms with van der Waals surface area (Å²) in [7, 11) is 0. The zero-order valence-electron chi connectivity index (χ0n) is 9.00. The van der Waals surface area contributed by atoms with Gasteiger partial charge in [-0.15, -0.1) is 0 Å². The van der Waals surface area contributed by atoms with Crippen LogP contribution in [0.25, 0.3) is 0 Å². The Labute approximate surface area is 98.9 Å². The fourth-order valence-corrected chi connectivity index (χ4v) is 2.15. The third-order valence-electron chi connectivity index (χ3n) is 2.68. The normalized spacial score (nSPS) is 15.2. The van der Waals surface area contributed by atoms with Crippen LogP contribution in [0.5, 0.6) is 11.5 Å². The van der Waals surface area contributed by atoms with Gasteiger partial charge in [0.2, 0.25) is 6.79 Å². The van der Waals surface area contributed by atoms with Gasteiger partial charge in [-0.3, -0.25) is 0 Å². The fourth-order valence-electron chi connectivity index (χ4n) is 1.89. The summed E-state index contributed by atoms with van der Waals surface area (Å²) in [5.41, 5.74) is 7.60. The summed E-state index contributed by atoms with van der Waals surface area (Å²) in [5, 5.41) is 9.58. The number of hydrogen-bond acceptors (Lipinski definition) is 4. The van der Waals surface area contributed by atoms with Crippen molar-refractivity contribution < 1.29 is 14.6 Å². The second-order valence-corrected chi connectivity index (χ2v) is 4.04. The molecule has 0 bridgehead atoms. The molecule has 0 aromatic heterocycles. The largest absolute Gasteiger partial charge is 0.453 e. The molecule has 0 amide bonds. The molecule has 1 heterocycles. The van der Waals surface area contributed by atoms with Crippen LogP contribution in [0.15, 0.2) is 6.07 Å². The van der Waals surface area contributed by atoms with E-state index in [-0.39, 0.29) is 13.4 Å².